The minimum atomic E-state index is -4.46. The zero-order valence-corrected chi connectivity index (χ0v) is 18.6. The number of carbonyl (C=O) groups excluding carboxylic acids is 1. The van der Waals surface area contributed by atoms with Gasteiger partial charge in [0.25, 0.3) is 0 Å². The fraction of sp³-hybridized carbons (Fsp3) is 0.240. The van der Waals surface area contributed by atoms with E-state index in [2.05, 4.69) is 9.98 Å². The molecular weight excluding hydrogens is 449 g/mol. The van der Waals surface area contributed by atoms with Crippen LogP contribution in [0.3, 0.4) is 0 Å². The van der Waals surface area contributed by atoms with Crippen LogP contribution in [0.15, 0.2) is 77.9 Å². The molecule has 178 valence electrons. The lowest BCUT2D eigenvalue weighted by Gasteiger charge is -2.17. The van der Waals surface area contributed by atoms with Gasteiger partial charge in [0.05, 0.1) is 30.0 Å². The smallest absolute Gasteiger partial charge is 0.417 e. The Labute approximate surface area is 195 Å². The molecule has 1 atom stereocenters. The van der Waals surface area contributed by atoms with Gasteiger partial charge in [-0.1, -0.05) is 18.2 Å². The van der Waals surface area contributed by atoms with E-state index in [1.165, 1.54) is 0 Å². The van der Waals surface area contributed by atoms with Crippen LogP contribution in [0.5, 0.6) is 17.4 Å². The Hall–Kier alpha value is -3.88. The maximum absolute atomic E-state index is 12.7. The van der Waals surface area contributed by atoms with Gasteiger partial charge in [-0.15, -0.1) is 0 Å². The standard InChI is InChI=1S/C25H23F3N2O4/c1-3-32-24(31)15-22(30-19-7-5-4-6-8-19)17(2)33-20-10-12-21(13-11-20)34-23-14-9-18(16-29-23)25(26,27)28/h4-14,16-17H,3,15H2,1-2H3. The number of hydrogen-bond donors (Lipinski definition) is 0. The molecule has 3 rings (SSSR count). The summed E-state index contributed by atoms with van der Waals surface area (Å²) in [7, 11) is 0. The fourth-order valence-corrected chi connectivity index (χ4v) is 2.89. The Kier molecular flexibility index (Phi) is 8.24. The molecular formula is C25H23F3N2O4. The molecule has 0 saturated carbocycles. The number of aromatic nitrogens is 1. The molecule has 0 aliphatic rings. The van der Waals surface area contributed by atoms with Crippen molar-refractivity contribution in [3.05, 3.63) is 78.5 Å². The zero-order valence-electron chi connectivity index (χ0n) is 18.6. The number of rotatable bonds is 9. The average molecular weight is 472 g/mol. The van der Waals surface area contributed by atoms with Gasteiger partial charge in [-0.3, -0.25) is 9.79 Å². The number of para-hydroxylation sites is 1. The molecule has 0 N–H and O–H groups in total. The van der Waals surface area contributed by atoms with Crippen LogP contribution < -0.4 is 9.47 Å². The molecule has 0 saturated heterocycles. The quantitative estimate of drug-likeness (QED) is 0.267. The molecule has 3 aromatic rings. The van der Waals surface area contributed by atoms with Gasteiger partial charge in [0.2, 0.25) is 5.88 Å². The number of carbonyl (C=O) groups is 1. The third-order valence-electron chi connectivity index (χ3n) is 4.55. The highest BCUT2D eigenvalue weighted by molar-refractivity contribution is 6.02. The van der Waals surface area contributed by atoms with Crippen LogP contribution in [-0.2, 0) is 15.7 Å². The molecule has 0 amide bonds. The van der Waals surface area contributed by atoms with Gasteiger partial charge < -0.3 is 14.2 Å². The number of hydrogen-bond acceptors (Lipinski definition) is 6. The predicted molar refractivity (Wildman–Crippen MR) is 121 cm³/mol. The first kappa shape index (κ1) is 24.8. The SMILES string of the molecule is CCOC(=O)CC(=Nc1ccccc1)C(C)Oc1ccc(Oc2ccc(C(F)(F)F)cn2)cc1. The van der Waals surface area contributed by atoms with E-state index in [0.29, 0.717) is 29.1 Å². The second kappa shape index (κ2) is 11.3. The number of esters is 1. The summed E-state index contributed by atoms with van der Waals surface area (Å²) in [5, 5.41) is 0. The number of aliphatic imine (C=N–C) groups is 1. The summed E-state index contributed by atoms with van der Waals surface area (Å²) in [6.45, 7) is 3.77. The van der Waals surface area contributed by atoms with E-state index in [1.807, 2.05) is 30.3 Å². The van der Waals surface area contributed by atoms with Gasteiger partial charge in [0.15, 0.2) is 0 Å². The fourth-order valence-electron chi connectivity index (χ4n) is 2.89. The molecule has 34 heavy (non-hydrogen) atoms. The van der Waals surface area contributed by atoms with Crippen molar-refractivity contribution in [1.82, 2.24) is 4.98 Å². The highest BCUT2D eigenvalue weighted by atomic mass is 19.4. The van der Waals surface area contributed by atoms with Crippen LogP contribution in [0.2, 0.25) is 0 Å². The first-order valence-electron chi connectivity index (χ1n) is 10.5. The third kappa shape index (κ3) is 7.33. The van der Waals surface area contributed by atoms with E-state index >= 15 is 0 Å². The number of halogens is 3. The second-order valence-corrected chi connectivity index (χ2v) is 7.14. The normalized spacial score (nSPS) is 12.7. The van der Waals surface area contributed by atoms with Crippen LogP contribution in [0.1, 0.15) is 25.8 Å². The summed E-state index contributed by atoms with van der Waals surface area (Å²) in [5.41, 5.74) is 0.331. The molecule has 1 aromatic heterocycles. The highest BCUT2D eigenvalue weighted by Gasteiger charge is 2.30. The molecule has 0 fully saturated rings. The molecule has 9 heteroatoms. The topological polar surface area (TPSA) is 70.0 Å². The predicted octanol–water partition coefficient (Wildman–Crippen LogP) is 6.39. The third-order valence-corrected chi connectivity index (χ3v) is 4.55. The van der Waals surface area contributed by atoms with Gasteiger partial charge in [-0.05, 0) is 56.3 Å². The lowest BCUT2D eigenvalue weighted by atomic mass is 10.1. The van der Waals surface area contributed by atoms with E-state index in [4.69, 9.17) is 14.2 Å². The molecule has 0 radical (unpaired) electrons. The van der Waals surface area contributed by atoms with Crippen molar-refractivity contribution < 1.29 is 32.2 Å². The van der Waals surface area contributed by atoms with Crippen molar-refractivity contribution in [2.75, 3.05) is 6.61 Å². The van der Waals surface area contributed by atoms with Crippen molar-refractivity contribution in [2.45, 2.75) is 32.5 Å². The lowest BCUT2D eigenvalue weighted by Crippen LogP contribution is -2.27. The second-order valence-electron chi connectivity index (χ2n) is 7.14. The first-order valence-corrected chi connectivity index (χ1v) is 10.5. The maximum atomic E-state index is 12.7. The Morgan fingerprint density at radius 2 is 1.68 bits per heavy atom. The largest absolute Gasteiger partial charge is 0.485 e. The minimum absolute atomic E-state index is 0.0231. The molecule has 6 nitrogen and oxygen atoms in total. The number of benzene rings is 2. The molecule has 2 aromatic carbocycles. The van der Waals surface area contributed by atoms with E-state index in [0.717, 1.165) is 12.1 Å². The molecule has 0 aliphatic heterocycles. The summed E-state index contributed by atoms with van der Waals surface area (Å²) in [6.07, 6.45) is -4.30. The van der Waals surface area contributed by atoms with E-state index in [9.17, 15) is 18.0 Å². The average Bonchev–Trinajstić information content (AvgIpc) is 2.80. The van der Waals surface area contributed by atoms with Gasteiger partial charge in [-0.25, -0.2) is 4.98 Å². The maximum Gasteiger partial charge on any atom is 0.417 e. The van der Waals surface area contributed by atoms with Crippen LogP contribution in [0, 0.1) is 0 Å². The van der Waals surface area contributed by atoms with E-state index < -0.39 is 23.8 Å². The van der Waals surface area contributed by atoms with Crippen molar-refractivity contribution in [3.63, 3.8) is 0 Å². The minimum Gasteiger partial charge on any atom is -0.485 e. The van der Waals surface area contributed by atoms with Gasteiger partial charge in [0.1, 0.15) is 17.6 Å². The Bertz CT molecular complexity index is 1100. The Balaban J connectivity index is 1.68. The summed E-state index contributed by atoms with van der Waals surface area (Å²) < 4.78 is 54.5. The molecule has 0 bridgehead atoms. The summed E-state index contributed by atoms with van der Waals surface area (Å²) in [4.78, 5) is 20.3. The monoisotopic (exact) mass is 472 g/mol. The van der Waals surface area contributed by atoms with Gasteiger partial charge in [-0.2, -0.15) is 13.2 Å². The first-order chi connectivity index (χ1) is 16.2. The van der Waals surface area contributed by atoms with Crippen molar-refractivity contribution in [3.8, 4) is 17.4 Å². The van der Waals surface area contributed by atoms with Crippen LogP contribution in [-0.4, -0.2) is 29.4 Å². The number of alkyl halides is 3. The molecule has 0 aliphatic carbocycles. The van der Waals surface area contributed by atoms with Crippen molar-refractivity contribution in [2.24, 2.45) is 4.99 Å². The summed E-state index contributed by atoms with van der Waals surface area (Å²) in [6, 6.07) is 17.7. The van der Waals surface area contributed by atoms with E-state index in [-0.39, 0.29) is 18.9 Å². The van der Waals surface area contributed by atoms with Crippen LogP contribution >= 0.6 is 0 Å². The molecule has 0 spiro atoms. The number of pyridine rings is 1. The van der Waals surface area contributed by atoms with Gasteiger partial charge >= 0.3 is 12.1 Å². The summed E-state index contributed by atoms with van der Waals surface area (Å²) in [5.74, 6) is 0.490. The zero-order chi connectivity index (χ0) is 24.6. The summed E-state index contributed by atoms with van der Waals surface area (Å²) >= 11 is 0. The number of nitrogens with zero attached hydrogens (tertiary/aromatic N) is 2. The molecule has 1 unspecified atom stereocenters. The Morgan fingerprint density at radius 3 is 2.26 bits per heavy atom. The van der Waals surface area contributed by atoms with E-state index in [1.54, 1.807) is 38.1 Å². The highest BCUT2D eigenvalue weighted by Crippen LogP contribution is 2.30. The Morgan fingerprint density at radius 1 is 1.00 bits per heavy atom. The van der Waals surface area contributed by atoms with Crippen LogP contribution in [0.4, 0.5) is 18.9 Å². The molecule has 1 heterocycles. The van der Waals surface area contributed by atoms with Crippen molar-refractivity contribution >= 4 is 17.4 Å². The lowest BCUT2D eigenvalue weighted by molar-refractivity contribution is -0.141. The van der Waals surface area contributed by atoms with Crippen molar-refractivity contribution in [1.29, 1.82) is 0 Å². The number of ether oxygens (including phenoxy) is 3. The van der Waals surface area contributed by atoms with Gasteiger partial charge in [0, 0.05) is 12.3 Å². The van der Waals surface area contributed by atoms with Crippen LogP contribution in [0.25, 0.3) is 0 Å².